The Kier molecular flexibility index (Phi) is 9.03. The lowest BCUT2D eigenvalue weighted by Crippen LogP contribution is -2.48. The molecule has 0 aliphatic carbocycles. The topological polar surface area (TPSA) is 99.8 Å². The van der Waals surface area contributed by atoms with E-state index in [9.17, 15) is 27.6 Å². The molecule has 2 aromatic rings. The minimum absolute atomic E-state index is 0.124. The number of amides is 4. The summed E-state index contributed by atoms with van der Waals surface area (Å²) in [6.45, 7) is 8.11. The van der Waals surface area contributed by atoms with Gasteiger partial charge in [0.2, 0.25) is 0 Å². The zero-order valence-electron chi connectivity index (χ0n) is 21.6. The van der Waals surface area contributed by atoms with Gasteiger partial charge in [0.15, 0.2) is 0 Å². The molecule has 38 heavy (non-hydrogen) atoms. The van der Waals surface area contributed by atoms with Crippen molar-refractivity contribution < 1.29 is 32.3 Å². The van der Waals surface area contributed by atoms with E-state index in [1.165, 1.54) is 4.90 Å². The molecule has 4 amide bonds. The zero-order chi connectivity index (χ0) is 28.0. The second-order valence-electron chi connectivity index (χ2n) is 9.31. The number of anilines is 2. The maximum absolute atomic E-state index is 13.1. The van der Waals surface area contributed by atoms with Crippen molar-refractivity contribution in [2.24, 2.45) is 5.92 Å². The normalized spacial score (nSPS) is 15.8. The first-order valence-electron chi connectivity index (χ1n) is 12.2. The van der Waals surface area contributed by atoms with Gasteiger partial charge >= 0.3 is 24.2 Å². The molecule has 1 aliphatic heterocycles. The van der Waals surface area contributed by atoms with E-state index in [4.69, 9.17) is 4.74 Å². The molecule has 0 saturated carbocycles. The number of benzene rings is 2. The van der Waals surface area contributed by atoms with E-state index in [1.807, 2.05) is 20.8 Å². The molecular weight excluding hydrogens is 501 g/mol. The number of halogens is 3. The highest BCUT2D eigenvalue weighted by Gasteiger charge is 2.36. The molecule has 1 aliphatic rings. The van der Waals surface area contributed by atoms with Crippen molar-refractivity contribution in [1.82, 2.24) is 10.2 Å². The number of urea groups is 2. The molecular formula is C27H31F3N4O4. The fraction of sp³-hybridized carbons (Fsp3) is 0.370. The van der Waals surface area contributed by atoms with Crippen LogP contribution < -0.4 is 16.0 Å². The summed E-state index contributed by atoms with van der Waals surface area (Å²) in [6.07, 6.45) is -3.78. The zero-order valence-corrected chi connectivity index (χ0v) is 21.6. The van der Waals surface area contributed by atoms with Crippen molar-refractivity contribution in [3.63, 3.8) is 0 Å². The highest BCUT2D eigenvalue weighted by Crippen LogP contribution is 2.33. The van der Waals surface area contributed by atoms with Gasteiger partial charge < -0.3 is 20.7 Å². The average molecular weight is 533 g/mol. The number of alkyl halides is 3. The lowest BCUT2D eigenvalue weighted by Gasteiger charge is -2.35. The summed E-state index contributed by atoms with van der Waals surface area (Å²) in [5.74, 6) is -0.417. The van der Waals surface area contributed by atoms with Gasteiger partial charge in [-0.3, -0.25) is 4.90 Å². The Bertz CT molecular complexity index is 1210. The number of carbonyl (C=O) groups excluding carboxylic acids is 3. The number of esters is 1. The van der Waals surface area contributed by atoms with E-state index >= 15 is 0 Å². The van der Waals surface area contributed by atoms with Crippen LogP contribution >= 0.6 is 0 Å². The van der Waals surface area contributed by atoms with Crippen LogP contribution in [0.3, 0.4) is 0 Å². The van der Waals surface area contributed by atoms with Crippen molar-refractivity contribution in [2.75, 3.05) is 23.8 Å². The van der Waals surface area contributed by atoms with Gasteiger partial charge in [-0.05, 0) is 61.2 Å². The van der Waals surface area contributed by atoms with E-state index in [-0.39, 0.29) is 24.2 Å². The average Bonchev–Trinajstić information content (AvgIpc) is 2.84. The summed E-state index contributed by atoms with van der Waals surface area (Å²) in [5.41, 5.74) is 1.03. The van der Waals surface area contributed by atoms with Crippen molar-refractivity contribution in [3.8, 4) is 0 Å². The highest BCUT2D eigenvalue weighted by atomic mass is 19.4. The first-order valence-corrected chi connectivity index (χ1v) is 12.2. The summed E-state index contributed by atoms with van der Waals surface area (Å²) >= 11 is 0. The number of nitrogens with zero attached hydrogens (tertiary/aromatic N) is 1. The Morgan fingerprint density at radius 1 is 1.08 bits per heavy atom. The summed E-state index contributed by atoms with van der Waals surface area (Å²) in [6, 6.07) is 8.80. The molecule has 204 valence electrons. The van der Waals surface area contributed by atoms with Crippen LogP contribution in [-0.2, 0) is 15.7 Å². The quantitative estimate of drug-likeness (QED) is 0.348. The van der Waals surface area contributed by atoms with Gasteiger partial charge in [-0.15, -0.1) is 0 Å². The Hall–Kier alpha value is -4.02. The monoisotopic (exact) mass is 532 g/mol. The Balaban J connectivity index is 1.82. The van der Waals surface area contributed by atoms with E-state index < -0.39 is 29.8 Å². The Morgan fingerprint density at radius 2 is 1.74 bits per heavy atom. The SMILES string of the molecule is CCCN1C(=O)N[C@H](c2cccc(NC(=O)Nc3ccc(C(F)(F)F)cc3)c2)C(C(=O)OCC(C)C)=C1C. The Morgan fingerprint density at radius 3 is 2.34 bits per heavy atom. The molecule has 0 aromatic heterocycles. The van der Waals surface area contributed by atoms with Gasteiger partial charge in [0.25, 0.3) is 0 Å². The van der Waals surface area contributed by atoms with E-state index in [2.05, 4.69) is 16.0 Å². The fourth-order valence-electron chi connectivity index (χ4n) is 3.94. The molecule has 0 saturated heterocycles. The molecule has 8 nitrogen and oxygen atoms in total. The van der Waals surface area contributed by atoms with Crippen LogP contribution in [0.15, 0.2) is 59.8 Å². The minimum Gasteiger partial charge on any atom is -0.462 e. The van der Waals surface area contributed by atoms with Gasteiger partial charge in [0.1, 0.15) is 0 Å². The van der Waals surface area contributed by atoms with Crippen molar-refractivity contribution >= 4 is 29.4 Å². The second kappa shape index (κ2) is 12.0. The van der Waals surface area contributed by atoms with Gasteiger partial charge in [0, 0.05) is 23.6 Å². The largest absolute Gasteiger partial charge is 0.462 e. The first kappa shape index (κ1) is 28.5. The maximum atomic E-state index is 13.1. The highest BCUT2D eigenvalue weighted by molar-refractivity contribution is 6.00. The molecule has 11 heteroatoms. The number of allylic oxidation sites excluding steroid dienone is 1. The van der Waals surface area contributed by atoms with Gasteiger partial charge in [0.05, 0.1) is 23.8 Å². The smallest absolute Gasteiger partial charge is 0.416 e. The van der Waals surface area contributed by atoms with Crippen LogP contribution in [0.1, 0.15) is 51.3 Å². The molecule has 0 spiro atoms. The Labute approximate surface area is 219 Å². The molecule has 2 aromatic carbocycles. The van der Waals surface area contributed by atoms with Crippen LogP contribution in [0.4, 0.5) is 34.1 Å². The van der Waals surface area contributed by atoms with Gasteiger partial charge in [-0.1, -0.05) is 32.9 Å². The number of carbonyl (C=O) groups is 3. The number of rotatable bonds is 8. The van der Waals surface area contributed by atoms with E-state index in [0.717, 1.165) is 24.3 Å². The van der Waals surface area contributed by atoms with Crippen LogP contribution in [0, 0.1) is 5.92 Å². The predicted molar refractivity (Wildman–Crippen MR) is 137 cm³/mol. The van der Waals surface area contributed by atoms with Crippen LogP contribution in [0.5, 0.6) is 0 Å². The van der Waals surface area contributed by atoms with E-state index in [0.29, 0.717) is 35.5 Å². The predicted octanol–water partition coefficient (Wildman–Crippen LogP) is 6.30. The second-order valence-corrected chi connectivity index (χ2v) is 9.31. The molecule has 0 fully saturated rings. The molecule has 1 heterocycles. The third kappa shape index (κ3) is 7.05. The molecule has 3 rings (SSSR count). The molecule has 1 atom stereocenters. The number of hydrogen-bond donors (Lipinski definition) is 3. The van der Waals surface area contributed by atoms with Crippen molar-refractivity contribution in [2.45, 2.75) is 46.3 Å². The lowest BCUT2D eigenvalue weighted by atomic mass is 9.94. The maximum Gasteiger partial charge on any atom is 0.416 e. The number of nitrogens with one attached hydrogen (secondary N) is 3. The molecule has 0 radical (unpaired) electrons. The summed E-state index contributed by atoms with van der Waals surface area (Å²) in [7, 11) is 0. The van der Waals surface area contributed by atoms with Crippen molar-refractivity contribution in [1.29, 1.82) is 0 Å². The van der Waals surface area contributed by atoms with E-state index in [1.54, 1.807) is 31.2 Å². The van der Waals surface area contributed by atoms with Gasteiger partial charge in [-0.25, -0.2) is 14.4 Å². The van der Waals surface area contributed by atoms with Crippen LogP contribution in [0.2, 0.25) is 0 Å². The van der Waals surface area contributed by atoms with Crippen molar-refractivity contribution in [3.05, 3.63) is 70.9 Å². The fourth-order valence-corrected chi connectivity index (χ4v) is 3.94. The summed E-state index contributed by atoms with van der Waals surface area (Å²) in [4.78, 5) is 39.9. The first-order chi connectivity index (χ1) is 17.9. The lowest BCUT2D eigenvalue weighted by molar-refractivity contribution is -0.141. The summed E-state index contributed by atoms with van der Waals surface area (Å²) < 4.78 is 43.8. The number of ether oxygens (including phenoxy) is 1. The molecule has 0 bridgehead atoms. The minimum atomic E-state index is -4.48. The third-order valence-corrected chi connectivity index (χ3v) is 5.76. The molecule has 0 unspecified atom stereocenters. The third-order valence-electron chi connectivity index (χ3n) is 5.76. The standard InChI is InChI=1S/C27H31F3N4O4/c1-5-13-34-17(4)22(24(35)38-15-16(2)3)23(33-26(34)37)18-7-6-8-21(14-18)32-25(36)31-20-11-9-19(10-12-20)27(28,29)30/h6-12,14,16,23H,5,13,15H2,1-4H3,(H,33,37)(H2,31,32,36)/t23-/m1/s1. The summed E-state index contributed by atoms with van der Waals surface area (Å²) in [5, 5.41) is 7.96. The number of hydrogen-bond acceptors (Lipinski definition) is 4. The van der Waals surface area contributed by atoms with Crippen LogP contribution in [-0.4, -0.2) is 36.1 Å². The molecule has 3 N–H and O–H groups in total. The van der Waals surface area contributed by atoms with Crippen LogP contribution in [0.25, 0.3) is 0 Å². The van der Waals surface area contributed by atoms with Gasteiger partial charge in [-0.2, -0.15) is 13.2 Å².